The summed E-state index contributed by atoms with van der Waals surface area (Å²) in [5, 5.41) is 0. The Labute approximate surface area is 102 Å². The van der Waals surface area contributed by atoms with Crippen LogP contribution in [0.4, 0.5) is 17.6 Å². The SMILES string of the molecule is CC1=CC=C(C2OCC(C)CO2)C(F)(F)C1(F)F. The van der Waals surface area contributed by atoms with E-state index in [1.807, 2.05) is 6.92 Å². The van der Waals surface area contributed by atoms with Gasteiger partial charge in [0.1, 0.15) is 0 Å². The molecule has 1 fully saturated rings. The summed E-state index contributed by atoms with van der Waals surface area (Å²) in [6.07, 6.45) is 0.552. The van der Waals surface area contributed by atoms with Crippen LogP contribution in [0, 0.1) is 5.92 Å². The maximum absolute atomic E-state index is 13.8. The fourth-order valence-corrected chi connectivity index (χ4v) is 1.86. The van der Waals surface area contributed by atoms with E-state index in [1.54, 1.807) is 0 Å². The smallest absolute Gasteiger partial charge is 0.340 e. The summed E-state index contributed by atoms with van der Waals surface area (Å²) in [7, 11) is 0. The largest absolute Gasteiger partial charge is 0.348 e. The molecular weight excluding hydrogens is 252 g/mol. The number of hydrogen-bond donors (Lipinski definition) is 0. The van der Waals surface area contributed by atoms with E-state index in [4.69, 9.17) is 9.47 Å². The predicted molar refractivity (Wildman–Crippen MR) is 56.6 cm³/mol. The zero-order valence-corrected chi connectivity index (χ0v) is 10.1. The summed E-state index contributed by atoms with van der Waals surface area (Å²) in [5.74, 6) is -8.42. The molecule has 0 bridgehead atoms. The standard InChI is InChI=1S/C12H14F4O2/c1-7-5-17-10(18-6-7)9-4-3-8(2)11(13,14)12(9,15)16/h3-4,7,10H,5-6H2,1-2H3. The van der Waals surface area contributed by atoms with Crippen LogP contribution in [-0.2, 0) is 9.47 Å². The minimum atomic E-state index is -4.28. The van der Waals surface area contributed by atoms with Crippen LogP contribution in [0.5, 0.6) is 0 Å². The second-order valence-corrected chi connectivity index (χ2v) is 4.72. The summed E-state index contributed by atoms with van der Waals surface area (Å²) in [5.41, 5.74) is -1.48. The highest BCUT2D eigenvalue weighted by molar-refractivity contribution is 5.38. The lowest BCUT2D eigenvalue weighted by molar-refractivity contribution is -0.222. The van der Waals surface area contributed by atoms with Gasteiger partial charge in [-0.3, -0.25) is 0 Å². The van der Waals surface area contributed by atoms with Crippen LogP contribution in [-0.4, -0.2) is 31.3 Å². The van der Waals surface area contributed by atoms with Gasteiger partial charge in [-0.05, 0) is 6.92 Å². The molecule has 18 heavy (non-hydrogen) atoms. The molecule has 0 aromatic rings. The Morgan fingerprint density at radius 2 is 1.61 bits per heavy atom. The molecule has 1 aliphatic heterocycles. The predicted octanol–water partition coefficient (Wildman–Crippen LogP) is 3.15. The van der Waals surface area contributed by atoms with Gasteiger partial charge in [0, 0.05) is 11.5 Å². The average Bonchev–Trinajstić information content (AvgIpc) is 2.29. The fraction of sp³-hybridized carbons (Fsp3) is 0.667. The quantitative estimate of drug-likeness (QED) is 0.679. The van der Waals surface area contributed by atoms with Crippen LogP contribution < -0.4 is 0 Å². The molecule has 0 N–H and O–H groups in total. The first-order chi connectivity index (χ1) is 8.26. The van der Waals surface area contributed by atoms with Crippen molar-refractivity contribution in [2.24, 2.45) is 5.92 Å². The zero-order valence-electron chi connectivity index (χ0n) is 10.1. The highest BCUT2D eigenvalue weighted by Gasteiger charge is 2.62. The Kier molecular flexibility index (Phi) is 3.27. The minimum absolute atomic E-state index is 0.0665. The molecule has 2 rings (SSSR count). The summed E-state index contributed by atoms with van der Waals surface area (Å²) < 4.78 is 64.6. The first-order valence-corrected chi connectivity index (χ1v) is 5.65. The molecule has 0 aromatic carbocycles. The van der Waals surface area contributed by atoms with E-state index < -0.39 is 29.3 Å². The van der Waals surface area contributed by atoms with Crippen LogP contribution in [0.2, 0.25) is 0 Å². The molecule has 0 aromatic heterocycles. The maximum atomic E-state index is 13.8. The Bertz CT molecular complexity index is 393. The van der Waals surface area contributed by atoms with E-state index in [1.165, 1.54) is 0 Å². The third kappa shape index (κ3) is 1.97. The van der Waals surface area contributed by atoms with E-state index >= 15 is 0 Å². The fourth-order valence-electron chi connectivity index (χ4n) is 1.86. The van der Waals surface area contributed by atoms with Gasteiger partial charge in [-0.2, -0.15) is 17.6 Å². The van der Waals surface area contributed by atoms with Crippen molar-refractivity contribution in [3.8, 4) is 0 Å². The van der Waals surface area contributed by atoms with Gasteiger partial charge in [0.2, 0.25) is 0 Å². The molecule has 0 spiro atoms. The van der Waals surface area contributed by atoms with Gasteiger partial charge in [-0.25, -0.2) is 0 Å². The second kappa shape index (κ2) is 4.35. The van der Waals surface area contributed by atoms with Gasteiger partial charge in [0.15, 0.2) is 6.29 Å². The summed E-state index contributed by atoms with van der Waals surface area (Å²) in [6, 6.07) is 0. The lowest BCUT2D eigenvalue weighted by Crippen LogP contribution is -2.49. The highest BCUT2D eigenvalue weighted by Crippen LogP contribution is 2.48. The first-order valence-electron chi connectivity index (χ1n) is 5.65. The number of rotatable bonds is 1. The normalized spacial score (nSPS) is 34.8. The van der Waals surface area contributed by atoms with Crippen molar-refractivity contribution < 1.29 is 27.0 Å². The van der Waals surface area contributed by atoms with E-state index in [2.05, 4.69) is 0 Å². The lowest BCUT2D eigenvalue weighted by Gasteiger charge is -2.37. The highest BCUT2D eigenvalue weighted by atomic mass is 19.3. The van der Waals surface area contributed by atoms with Crippen LogP contribution in [0.25, 0.3) is 0 Å². The van der Waals surface area contributed by atoms with E-state index in [0.29, 0.717) is 0 Å². The molecule has 1 saturated heterocycles. The Morgan fingerprint density at radius 3 is 2.17 bits per heavy atom. The molecule has 0 saturated carbocycles. The first kappa shape index (κ1) is 13.5. The number of ether oxygens (including phenoxy) is 2. The number of halogens is 4. The summed E-state index contributed by atoms with van der Waals surface area (Å²) in [4.78, 5) is 0. The maximum Gasteiger partial charge on any atom is 0.340 e. The molecule has 2 aliphatic rings. The molecule has 0 atom stereocenters. The average molecular weight is 266 g/mol. The van der Waals surface area contributed by atoms with Crippen LogP contribution in [0.3, 0.4) is 0 Å². The van der Waals surface area contributed by atoms with Crippen molar-refractivity contribution >= 4 is 0 Å². The lowest BCUT2D eigenvalue weighted by atomic mass is 9.90. The molecule has 6 heteroatoms. The van der Waals surface area contributed by atoms with Crippen molar-refractivity contribution in [3.63, 3.8) is 0 Å². The number of alkyl halides is 4. The van der Waals surface area contributed by atoms with E-state index in [9.17, 15) is 17.6 Å². The summed E-state index contributed by atoms with van der Waals surface area (Å²) in [6.45, 7) is 3.23. The van der Waals surface area contributed by atoms with Gasteiger partial charge in [-0.15, -0.1) is 0 Å². The Balaban J connectivity index is 2.28. The Morgan fingerprint density at radius 1 is 1.06 bits per heavy atom. The van der Waals surface area contributed by atoms with E-state index in [-0.39, 0.29) is 19.1 Å². The zero-order chi connectivity index (χ0) is 13.6. The van der Waals surface area contributed by atoms with Crippen molar-refractivity contribution in [1.82, 2.24) is 0 Å². The third-order valence-electron chi connectivity index (χ3n) is 3.08. The van der Waals surface area contributed by atoms with E-state index in [0.717, 1.165) is 19.1 Å². The summed E-state index contributed by atoms with van der Waals surface area (Å²) >= 11 is 0. The number of allylic oxidation sites excluding steroid dienone is 3. The third-order valence-corrected chi connectivity index (χ3v) is 3.08. The van der Waals surface area contributed by atoms with Gasteiger partial charge in [0.05, 0.1) is 18.8 Å². The van der Waals surface area contributed by atoms with Crippen molar-refractivity contribution in [3.05, 3.63) is 23.3 Å². The van der Waals surface area contributed by atoms with Gasteiger partial charge >= 0.3 is 11.8 Å². The van der Waals surface area contributed by atoms with Crippen molar-refractivity contribution in [1.29, 1.82) is 0 Å². The van der Waals surface area contributed by atoms with Crippen molar-refractivity contribution in [2.45, 2.75) is 32.0 Å². The molecule has 0 amide bonds. The molecule has 0 radical (unpaired) electrons. The molecule has 102 valence electrons. The molecule has 0 unspecified atom stereocenters. The second-order valence-electron chi connectivity index (χ2n) is 4.72. The monoisotopic (exact) mass is 266 g/mol. The van der Waals surface area contributed by atoms with Gasteiger partial charge in [0.25, 0.3) is 0 Å². The molecule has 2 nitrogen and oxygen atoms in total. The Hall–Kier alpha value is -0.880. The molecular formula is C12H14F4O2. The minimum Gasteiger partial charge on any atom is -0.348 e. The number of hydrogen-bond acceptors (Lipinski definition) is 2. The van der Waals surface area contributed by atoms with Crippen molar-refractivity contribution in [2.75, 3.05) is 13.2 Å². The van der Waals surface area contributed by atoms with Crippen LogP contribution in [0.15, 0.2) is 23.3 Å². The van der Waals surface area contributed by atoms with Gasteiger partial charge < -0.3 is 9.47 Å². The topological polar surface area (TPSA) is 18.5 Å². The van der Waals surface area contributed by atoms with Crippen LogP contribution >= 0.6 is 0 Å². The van der Waals surface area contributed by atoms with Crippen LogP contribution in [0.1, 0.15) is 13.8 Å². The van der Waals surface area contributed by atoms with Gasteiger partial charge in [-0.1, -0.05) is 19.1 Å². The molecule has 1 aliphatic carbocycles. The molecule has 1 heterocycles.